The Bertz CT molecular complexity index is 595. The van der Waals surface area contributed by atoms with Crippen molar-refractivity contribution in [1.82, 2.24) is 15.2 Å². The molecule has 0 radical (unpaired) electrons. The molecule has 2 rings (SSSR count). The smallest absolute Gasteiger partial charge is 0.237 e. The maximum absolute atomic E-state index is 12.0. The van der Waals surface area contributed by atoms with Crippen LogP contribution < -0.4 is 35.4 Å². The summed E-state index contributed by atoms with van der Waals surface area (Å²) in [5.41, 5.74) is 0.520. The third kappa shape index (κ3) is 6.21. The molecule has 7 nitrogen and oxygen atoms in total. The van der Waals surface area contributed by atoms with Gasteiger partial charge in [-0.05, 0) is 25.0 Å². The van der Waals surface area contributed by atoms with Gasteiger partial charge in [-0.25, -0.2) is 4.98 Å². The number of carbonyl (C=O) groups is 1. The minimum Gasteiger partial charge on any atom is -1.00 e. The molecule has 130 valence electrons. The van der Waals surface area contributed by atoms with Gasteiger partial charge in [0.25, 0.3) is 0 Å². The summed E-state index contributed by atoms with van der Waals surface area (Å²) in [6, 6.07) is 7.34. The summed E-state index contributed by atoms with van der Waals surface area (Å²) >= 11 is 0. The van der Waals surface area contributed by atoms with Gasteiger partial charge in [0.15, 0.2) is 0 Å². The molecule has 0 unspecified atom stereocenters. The Morgan fingerprint density at radius 1 is 1.33 bits per heavy atom. The summed E-state index contributed by atoms with van der Waals surface area (Å²) in [5, 5.41) is 23.8. The van der Waals surface area contributed by atoms with Crippen LogP contribution in [0.5, 0.6) is 0 Å². The highest BCUT2D eigenvalue weighted by atomic mass is 35.5. The second kappa shape index (κ2) is 11.5. The number of nitrogens with zero attached hydrogens (tertiary/aromatic N) is 4. The fourth-order valence-electron chi connectivity index (χ4n) is 2.34. The van der Waals surface area contributed by atoms with E-state index in [9.17, 15) is 4.79 Å². The van der Waals surface area contributed by atoms with Crippen molar-refractivity contribution in [1.29, 1.82) is 10.5 Å². The van der Waals surface area contributed by atoms with Gasteiger partial charge >= 0.3 is 0 Å². The van der Waals surface area contributed by atoms with Gasteiger partial charge in [-0.1, -0.05) is 0 Å². The number of halogens is 2. The van der Waals surface area contributed by atoms with Crippen molar-refractivity contribution in [3.8, 4) is 12.1 Å². The van der Waals surface area contributed by atoms with Crippen LogP contribution in [0.25, 0.3) is 0 Å². The molecular formula is C15H18Cl2N6O-2. The molecule has 0 bridgehead atoms. The number of pyridine rings is 1. The number of rotatable bonds is 6. The number of nitrogens with one attached hydrogen (secondary N) is 2. The molecule has 2 heterocycles. The van der Waals surface area contributed by atoms with Crippen LogP contribution in [0.15, 0.2) is 18.3 Å². The molecule has 0 saturated carbocycles. The van der Waals surface area contributed by atoms with Gasteiger partial charge in [0.1, 0.15) is 17.9 Å². The first kappa shape index (κ1) is 21.9. The Morgan fingerprint density at radius 2 is 2.12 bits per heavy atom. The topological polar surface area (TPSA) is 105 Å². The largest absolute Gasteiger partial charge is 1.00 e. The van der Waals surface area contributed by atoms with E-state index in [2.05, 4.69) is 21.7 Å². The lowest BCUT2D eigenvalue weighted by Gasteiger charge is -2.19. The molecule has 1 amide bonds. The zero-order valence-electron chi connectivity index (χ0n) is 13.0. The highest BCUT2D eigenvalue weighted by Crippen LogP contribution is 2.15. The molecule has 1 aromatic rings. The molecule has 1 saturated heterocycles. The van der Waals surface area contributed by atoms with Gasteiger partial charge in [0.05, 0.1) is 18.2 Å². The quantitative estimate of drug-likeness (QED) is 0.485. The lowest BCUT2D eigenvalue weighted by molar-refractivity contribution is -0.130. The number of hydrogen-bond acceptors (Lipinski definition) is 6. The zero-order valence-corrected chi connectivity index (χ0v) is 14.5. The van der Waals surface area contributed by atoms with Crippen molar-refractivity contribution in [2.45, 2.75) is 18.9 Å². The summed E-state index contributed by atoms with van der Waals surface area (Å²) in [4.78, 5) is 17.7. The predicted octanol–water partition coefficient (Wildman–Crippen LogP) is -5.52. The molecule has 1 aliphatic heterocycles. The summed E-state index contributed by atoms with van der Waals surface area (Å²) in [6.07, 6.45) is 3.18. The first-order chi connectivity index (χ1) is 10.7. The standard InChI is InChI=1S/C15H18N6O.2ClH/c16-8-12-3-4-14(20-10-12)19-6-5-18-11-15(22)21-7-1-2-13(21)9-17;;/h3-4,10,13,18H,1-2,5-7,11H2,(H,19,20);2*1H/p-2/t13-;;/m0../s1. The number of amides is 1. The average molecular weight is 369 g/mol. The first-order valence-corrected chi connectivity index (χ1v) is 7.24. The molecule has 0 aliphatic carbocycles. The molecule has 9 heteroatoms. The minimum absolute atomic E-state index is 0. The first-order valence-electron chi connectivity index (χ1n) is 7.24. The second-order valence-corrected chi connectivity index (χ2v) is 5.02. The Hall–Kier alpha value is -2.06. The third-order valence-corrected chi connectivity index (χ3v) is 3.50. The van der Waals surface area contributed by atoms with E-state index in [0.29, 0.717) is 31.0 Å². The van der Waals surface area contributed by atoms with Crippen LogP contribution in [-0.4, -0.2) is 48.0 Å². The van der Waals surface area contributed by atoms with Crippen molar-refractivity contribution in [2.75, 3.05) is 31.5 Å². The van der Waals surface area contributed by atoms with Crippen LogP contribution >= 0.6 is 0 Å². The van der Waals surface area contributed by atoms with E-state index in [1.807, 2.05) is 6.07 Å². The average Bonchev–Trinajstić information content (AvgIpc) is 3.03. The van der Waals surface area contributed by atoms with Crippen molar-refractivity contribution >= 4 is 11.7 Å². The fraction of sp³-hybridized carbons (Fsp3) is 0.467. The zero-order chi connectivity index (χ0) is 15.8. The Morgan fingerprint density at radius 3 is 2.75 bits per heavy atom. The highest BCUT2D eigenvalue weighted by Gasteiger charge is 2.27. The van der Waals surface area contributed by atoms with E-state index in [1.54, 1.807) is 17.0 Å². The van der Waals surface area contributed by atoms with E-state index < -0.39 is 0 Å². The predicted molar refractivity (Wildman–Crippen MR) is 80.7 cm³/mol. The number of hydrogen-bond donors (Lipinski definition) is 2. The molecule has 0 aromatic carbocycles. The fourth-order valence-corrected chi connectivity index (χ4v) is 2.34. The number of carbonyl (C=O) groups excluding carboxylic acids is 1. The molecule has 1 fully saturated rings. The number of nitriles is 2. The van der Waals surface area contributed by atoms with Crippen molar-refractivity contribution in [3.05, 3.63) is 23.9 Å². The van der Waals surface area contributed by atoms with Crippen molar-refractivity contribution in [2.24, 2.45) is 0 Å². The molecule has 2 N–H and O–H groups in total. The molecule has 1 aromatic heterocycles. The van der Waals surface area contributed by atoms with E-state index >= 15 is 0 Å². The van der Waals surface area contributed by atoms with Crippen LogP contribution in [0.4, 0.5) is 5.82 Å². The SMILES string of the molecule is N#Cc1ccc(NCCNCC(=O)N2CCC[C@H]2C#N)nc1.[Cl-].[Cl-]. The van der Waals surface area contributed by atoms with E-state index in [-0.39, 0.29) is 43.3 Å². The summed E-state index contributed by atoms with van der Waals surface area (Å²) < 4.78 is 0. The van der Waals surface area contributed by atoms with Crippen molar-refractivity contribution in [3.63, 3.8) is 0 Å². The Labute approximate surface area is 153 Å². The maximum Gasteiger partial charge on any atom is 0.237 e. The van der Waals surface area contributed by atoms with Gasteiger partial charge in [0, 0.05) is 25.8 Å². The van der Waals surface area contributed by atoms with Crippen LogP contribution in [0, 0.1) is 22.7 Å². The second-order valence-electron chi connectivity index (χ2n) is 5.02. The lowest BCUT2D eigenvalue weighted by atomic mass is 10.2. The minimum atomic E-state index is -0.268. The van der Waals surface area contributed by atoms with Gasteiger partial charge < -0.3 is 40.3 Å². The summed E-state index contributed by atoms with van der Waals surface area (Å²) in [7, 11) is 0. The molecule has 1 aliphatic rings. The molecule has 0 spiro atoms. The summed E-state index contributed by atoms with van der Waals surface area (Å²) in [5.74, 6) is 0.664. The van der Waals surface area contributed by atoms with E-state index in [1.165, 1.54) is 6.20 Å². The van der Waals surface area contributed by atoms with Gasteiger partial charge in [-0.15, -0.1) is 0 Å². The number of likely N-dealkylation sites (tertiary alicyclic amines) is 1. The highest BCUT2D eigenvalue weighted by molar-refractivity contribution is 5.79. The third-order valence-electron chi connectivity index (χ3n) is 3.50. The van der Waals surface area contributed by atoms with Crippen molar-refractivity contribution < 1.29 is 29.6 Å². The van der Waals surface area contributed by atoms with E-state index in [4.69, 9.17) is 10.5 Å². The molecular weight excluding hydrogens is 351 g/mol. The normalized spacial score (nSPS) is 15.4. The Kier molecular flexibility index (Phi) is 10.5. The van der Waals surface area contributed by atoms with Crippen LogP contribution in [0.3, 0.4) is 0 Å². The van der Waals surface area contributed by atoms with Crippen LogP contribution in [0.2, 0.25) is 0 Å². The van der Waals surface area contributed by atoms with Gasteiger partial charge in [-0.2, -0.15) is 10.5 Å². The number of aromatic nitrogens is 1. The molecule has 1 atom stereocenters. The molecule has 24 heavy (non-hydrogen) atoms. The van der Waals surface area contributed by atoms with Crippen LogP contribution in [0.1, 0.15) is 18.4 Å². The Balaban J connectivity index is 0.00000264. The van der Waals surface area contributed by atoms with E-state index in [0.717, 1.165) is 12.8 Å². The summed E-state index contributed by atoms with van der Waals surface area (Å²) in [6.45, 7) is 2.14. The monoisotopic (exact) mass is 368 g/mol. The maximum atomic E-state index is 12.0. The van der Waals surface area contributed by atoms with Gasteiger partial charge in [-0.3, -0.25) is 4.79 Å². The van der Waals surface area contributed by atoms with Crippen LogP contribution in [-0.2, 0) is 4.79 Å². The lowest BCUT2D eigenvalue weighted by Crippen LogP contribution is -3.00. The van der Waals surface area contributed by atoms with Gasteiger partial charge in [0.2, 0.25) is 5.91 Å². The number of anilines is 1.